The van der Waals surface area contributed by atoms with Gasteiger partial charge in [-0.25, -0.2) is 0 Å². The van der Waals surface area contributed by atoms with E-state index in [0.29, 0.717) is 0 Å². The molecule has 0 amide bonds. The van der Waals surface area contributed by atoms with E-state index in [1.807, 2.05) is 60.7 Å². The van der Waals surface area contributed by atoms with Crippen LogP contribution in [0.15, 0.2) is 90.5 Å². The summed E-state index contributed by atoms with van der Waals surface area (Å²) in [6.07, 6.45) is 19.7. The van der Waals surface area contributed by atoms with E-state index in [9.17, 15) is 14.9 Å². The number of hydrogen-bond acceptors (Lipinski definition) is 4. The summed E-state index contributed by atoms with van der Waals surface area (Å²) < 4.78 is 0. The highest BCUT2D eigenvalue weighted by molar-refractivity contribution is 5.93. The normalized spacial score (nSPS) is 18.7. The van der Waals surface area contributed by atoms with Gasteiger partial charge in [-0.05, 0) is 60.9 Å². The molecule has 1 aliphatic heterocycles. The Kier molecular flexibility index (Phi) is 5.61. The summed E-state index contributed by atoms with van der Waals surface area (Å²) in [5.41, 5.74) is 3.05. The number of non-ortho nitro benzene ring substituents is 1. The van der Waals surface area contributed by atoms with Crippen LogP contribution >= 0.6 is 0 Å². The summed E-state index contributed by atoms with van der Waals surface area (Å²) in [6, 6.07) is 6.40. The number of rotatable bonds is 5. The lowest BCUT2D eigenvalue weighted by Gasteiger charge is -2.15. The van der Waals surface area contributed by atoms with Gasteiger partial charge in [0.2, 0.25) is 0 Å². The van der Waals surface area contributed by atoms with Crippen molar-refractivity contribution in [3.8, 4) is 0 Å². The number of carbonyl (C=O) groups excluding carboxylic acids is 1. The Morgan fingerprint density at radius 2 is 1.89 bits per heavy atom. The van der Waals surface area contributed by atoms with Crippen molar-refractivity contribution in [2.75, 3.05) is 0 Å². The van der Waals surface area contributed by atoms with Crippen LogP contribution in [0.4, 0.5) is 5.69 Å². The van der Waals surface area contributed by atoms with Crippen LogP contribution in [0.25, 0.3) is 6.08 Å². The molecular weight excluding hydrogens is 340 g/mol. The highest BCUT2D eigenvalue weighted by Crippen LogP contribution is 2.19. The summed E-state index contributed by atoms with van der Waals surface area (Å²) in [7, 11) is 0. The molecule has 1 heterocycles. The van der Waals surface area contributed by atoms with Gasteiger partial charge in [0.05, 0.1) is 4.92 Å². The summed E-state index contributed by atoms with van der Waals surface area (Å²) >= 11 is 0. The summed E-state index contributed by atoms with van der Waals surface area (Å²) in [6.45, 7) is 1.99. The fraction of sp³-hybridized carbons (Fsp3) is 0.136. The fourth-order valence-corrected chi connectivity index (χ4v) is 2.85. The van der Waals surface area contributed by atoms with Gasteiger partial charge in [0, 0.05) is 36.7 Å². The molecule has 0 saturated heterocycles. The third-order valence-electron chi connectivity index (χ3n) is 4.33. The smallest absolute Gasteiger partial charge is 0.269 e. The van der Waals surface area contributed by atoms with E-state index in [1.54, 1.807) is 24.4 Å². The molecule has 1 unspecified atom stereocenters. The SMILES string of the molecule is CC1=CC(C(=O)/C=C/N2C=CC(=Cc3ccc([N+](=O)[O-])cc3)C=C2)CC=C1. The zero-order valence-corrected chi connectivity index (χ0v) is 15.0. The van der Waals surface area contributed by atoms with Crippen molar-refractivity contribution in [1.82, 2.24) is 4.90 Å². The number of hydrogen-bond donors (Lipinski definition) is 0. The van der Waals surface area contributed by atoms with Crippen molar-refractivity contribution >= 4 is 17.5 Å². The molecule has 5 heteroatoms. The lowest BCUT2D eigenvalue weighted by Crippen LogP contribution is -2.12. The van der Waals surface area contributed by atoms with Gasteiger partial charge in [-0.15, -0.1) is 0 Å². The second kappa shape index (κ2) is 8.27. The number of allylic oxidation sites excluding steroid dienone is 8. The Hall–Kier alpha value is -3.47. The monoisotopic (exact) mass is 360 g/mol. The predicted molar refractivity (Wildman–Crippen MR) is 106 cm³/mol. The van der Waals surface area contributed by atoms with Crippen LogP contribution in [0.3, 0.4) is 0 Å². The third kappa shape index (κ3) is 5.01. The highest BCUT2D eigenvalue weighted by atomic mass is 16.6. The molecule has 2 aliphatic rings. The number of carbonyl (C=O) groups is 1. The second-order valence-electron chi connectivity index (χ2n) is 6.45. The quantitative estimate of drug-likeness (QED) is 0.424. The molecule has 0 spiro atoms. The highest BCUT2D eigenvalue weighted by Gasteiger charge is 2.14. The van der Waals surface area contributed by atoms with Crippen LogP contribution in [0, 0.1) is 16.0 Å². The molecule has 1 aromatic rings. The zero-order valence-electron chi connectivity index (χ0n) is 15.0. The first-order valence-corrected chi connectivity index (χ1v) is 8.68. The average molecular weight is 360 g/mol. The topological polar surface area (TPSA) is 63.5 Å². The van der Waals surface area contributed by atoms with Crippen LogP contribution < -0.4 is 0 Å². The van der Waals surface area contributed by atoms with E-state index >= 15 is 0 Å². The van der Waals surface area contributed by atoms with Gasteiger partial charge in [0.1, 0.15) is 0 Å². The Bertz CT molecular complexity index is 899. The Balaban J connectivity index is 1.60. The number of benzene rings is 1. The van der Waals surface area contributed by atoms with Crippen molar-refractivity contribution in [3.05, 3.63) is 106 Å². The number of nitrogens with zero attached hydrogens (tertiary/aromatic N) is 2. The van der Waals surface area contributed by atoms with Crippen LogP contribution in [-0.4, -0.2) is 15.6 Å². The van der Waals surface area contributed by atoms with Gasteiger partial charge < -0.3 is 4.90 Å². The number of nitro groups is 1. The first-order chi connectivity index (χ1) is 13.0. The molecular formula is C22H20N2O3. The van der Waals surface area contributed by atoms with Gasteiger partial charge in [-0.2, -0.15) is 0 Å². The van der Waals surface area contributed by atoms with Gasteiger partial charge in [0.25, 0.3) is 5.69 Å². The van der Waals surface area contributed by atoms with Crippen molar-refractivity contribution < 1.29 is 9.72 Å². The van der Waals surface area contributed by atoms with Crippen molar-refractivity contribution in [3.63, 3.8) is 0 Å². The minimum atomic E-state index is -0.413. The largest absolute Gasteiger partial charge is 0.330 e. The molecule has 1 aromatic carbocycles. The molecule has 0 bridgehead atoms. The van der Waals surface area contributed by atoms with E-state index < -0.39 is 4.92 Å². The van der Waals surface area contributed by atoms with E-state index in [-0.39, 0.29) is 17.4 Å². The standard InChI is InChI=1S/C22H20N2O3/c1-17-3-2-4-20(15-17)22(25)11-14-23-12-9-19(10-13-23)16-18-5-7-21(8-6-18)24(26)27/h2-3,5-16,20H,4H2,1H3/b14-11+. The van der Waals surface area contributed by atoms with E-state index in [2.05, 4.69) is 0 Å². The Morgan fingerprint density at radius 3 is 2.52 bits per heavy atom. The Morgan fingerprint density at radius 1 is 1.19 bits per heavy atom. The minimum Gasteiger partial charge on any atom is -0.330 e. The molecule has 0 aromatic heterocycles. The second-order valence-corrected chi connectivity index (χ2v) is 6.45. The minimum absolute atomic E-state index is 0.0753. The van der Waals surface area contributed by atoms with Crippen LogP contribution in [-0.2, 0) is 4.79 Å². The lowest BCUT2D eigenvalue weighted by molar-refractivity contribution is -0.384. The van der Waals surface area contributed by atoms with Crippen LogP contribution in [0.5, 0.6) is 0 Å². The molecule has 3 rings (SSSR count). The number of nitro benzene ring substituents is 1. The molecule has 0 fully saturated rings. The average Bonchev–Trinajstić information content (AvgIpc) is 2.67. The summed E-state index contributed by atoms with van der Waals surface area (Å²) in [5.74, 6) is 0.00862. The van der Waals surface area contributed by atoms with Gasteiger partial charge in [0.15, 0.2) is 5.78 Å². The maximum Gasteiger partial charge on any atom is 0.269 e. The molecule has 27 heavy (non-hydrogen) atoms. The van der Waals surface area contributed by atoms with Crippen LogP contribution in [0.2, 0.25) is 0 Å². The van der Waals surface area contributed by atoms with E-state index in [1.165, 1.54) is 12.1 Å². The number of ketones is 1. The molecule has 0 radical (unpaired) electrons. The fourth-order valence-electron chi connectivity index (χ4n) is 2.85. The summed E-state index contributed by atoms with van der Waals surface area (Å²) in [5, 5.41) is 10.7. The van der Waals surface area contributed by atoms with E-state index in [0.717, 1.165) is 23.1 Å². The summed E-state index contributed by atoms with van der Waals surface area (Å²) in [4.78, 5) is 24.4. The first kappa shape index (κ1) is 18.3. The molecule has 136 valence electrons. The van der Waals surface area contributed by atoms with Crippen molar-refractivity contribution in [2.24, 2.45) is 5.92 Å². The predicted octanol–water partition coefficient (Wildman–Crippen LogP) is 4.93. The molecule has 0 saturated carbocycles. The van der Waals surface area contributed by atoms with Gasteiger partial charge in [-0.1, -0.05) is 23.8 Å². The molecule has 1 atom stereocenters. The Labute approximate surface area is 158 Å². The van der Waals surface area contributed by atoms with Crippen molar-refractivity contribution in [2.45, 2.75) is 13.3 Å². The molecule has 1 aliphatic carbocycles. The van der Waals surface area contributed by atoms with Gasteiger partial charge >= 0.3 is 0 Å². The molecule has 0 N–H and O–H groups in total. The third-order valence-corrected chi connectivity index (χ3v) is 4.33. The lowest BCUT2D eigenvalue weighted by atomic mass is 9.93. The maximum absolute atomic E-state index is 12.3. The maximum atomic E-state index is 12.3. The zero-order chi connectivity index (χ0) is 19.2. The first-order valence-electron chi connectivity index (χ1n) is 8.68. The van der Waals surface area contributed by atoms with E-state index in [4.69, 9.17) is 0 Å². The molecule has 5 nitrogen and oxygen atoms in total. The van der Waals surface area contributed by atoms with Crippen molar-refractivity contribution in [1.29, 1.82) is 0 Å². The van der Waals surface area contributed by atoms with Crippen LogP contribution in [0.1, 0.15) is 18.9 Å². The van der Waals surface area contributed by atoms with Gasteiger partial charge in [-0.3, -0.25) is 14.9 Å².